The molecule has 2 amide bonds. The predicted octanol–water partition coefficient (Wildman–Crippen LogP) is 5.80. The molecule has 33 heavy (non-hydrogen) atoms. The largest absolute Gasteiger partial charge is 0.323 e. The number of carbonyl (C=O) groups excluding carboxylic acids is 1. The number of aromatic nitrogens is 5. The van der Waals surface area contributed by atoms with Gasteiger partial charge in [0.1, 0.15) is 0 Å². The number of fused-ring (bicyclic) bond motifs is 1. The van der Waals surface area contributed by atoms with Crippen molar-refractivity contribution in [2.24, 2.45) is 0 Å². The molecule has 3 heterocycles. The van der Waals surface area contributed by atoms with E-state index >= 15 is 0 Å². The summed E-state index contributed by atoms with van der Waals surface area (Å²) in [6.45, 7) is 0. The Morgan fingerprint density at radius 3 is 2.39 bits per heavy atom. The van der Waals surface area contributed by atoms with Crippen LogP contribution < -0.4 is 10.6 Å². The molecular formula is C23H15Cl2N7O. The summed E-state index contributed by atoms with van der Waals surface area (Å²) in [5.41, 5.74) is 4.01. The van der Waals surface area contributed by atoms with Crippen LogP contribution in [0, 0.1) is 0 Å². The van der Waals surface area contributed by atoms with Gasteiger partial charge in [-0.3, -0.25) is 4.98 Å². The second kappa shape index (κ2) is 8.85. The Hall–Kier alpha value is -4.01. The number of carbonyl (C=O) groups is 1. The van der Waals surface area contributed by atoms with Gasteiger partial charge < -0.3 is 10.6 Å². The van der Waals surface area contributed by atoms with Gasteiger partial charge in [-0.05, 0) is 54.6 Å². The molecule has 5 aromatic rings. The van der Waals surface area contributed by atoms with E-state index in [9.17, 15) is 4.79 Å². The molecular weight excluding hydrogens is 461 g/mol. The number of hydrogen-bond donors (Lipinski definition) is 2. The molecule has 2 N–H and O–H groups in total. The Morgan fingerprint density at radius 1 is 0.818 bits per heavy atom. The Bertz CT molecular complexity index is 1450. The monoisotopic (exact) mass is 475 g/mol. The standard InChI is InChI=1S/C23H15Cl2N7O/c24-16-10-17(25)12-19(11-16)28-23(33)27-18-5-1-3-14(9-18)20-6-7-21-29-30-22(32(21)31-20)15-4-2-8-26-13-15/h1-13H,(H2,27,28,33). The van der Waals surface area contributed by atoms with Gasteiger partial charge in [0.25, 0.3) is 0 Å². The molecule has 0 bridgehead atoms. The normalized spacial score (nSPS) is 10.8. The highest BCUT2D eigenvalue weighted by Gasteiger charge is 2.12. The number of nitrogens with zero attached hydrogens (tertiary/aromatic N) is 5. The van der Waals surface area contributed by atoms with Gasteiger partial charge in [0.05, 0.1) is 5.69 Å². The fourth-order valence-corrected chi connectivity index (χ4v) is 3.82. The minimum Gasteiger partial charge on any atom is -0.308 e. The van der Waals surface area contributed by atoms with Crippen LogP contribution in [0.1, 0.15) is 0 Å². The molecule has 0 saturated carbocycles. The minimum atomic E-state index is -0.424. The van der Waals surface area contributed by atoms with Gasteiger partial charge in [0.2, 0.25) is 0 Å². The van der Waals surface area contributed by atoms with E-state index in [1.807, 2.05) is 42.5 Å². The van der Waals surface area contributed by atoms with E-state index in [0.29, 0.717) is 38.6 Å². The summed E-state index contributed by atoms with van der Waals surface area (Å²) in [7, 11) is 0. The molecule has 162 valence electrons. The maximum absolute atomic E-state index is 12.4. The van der Waals surface area contributed by atoms with E-state index in [1.54, 1.807) is 41.2 Å². The van der Waals surface area contributed by atoms with Crippen molar-refractivity contribution in [3.8, 4) is 22.6 Å². The smallest absolute Gasteiger partial charge is 0.308 e. The molecule has 0 fully saturated rings. The molecule has 8 nitrogen and oxygen atoms in total. The molecule has 0 saturated heterocycles. The van der Waals surface area contributed by atoms with Crippen LogP contribution in [0.5, 0.6) is 0 Å². The van der Waals surface area contributed by atoms with Crippen molar-refractivity contribution in [1.82, 2.24) is 24.8 Å². The van der Waals surface area contributed by atoms with Crippen LogP contribution in [0.25, 0.3) is 28.3 Å². The van der Waals surface area contributed by atoms with Gasteiger partial charge in [0, 0.05) is 44.9 Å². The van der Waals surface area contributed by atoms with E-state index < -0.39 is 6.03 Å². The molecule has 5 rings (SSSR count). The van der Waals surface area contributed by atoms with Crippen LogP contribution in [0.2, 0.25) is 10.0 Å². The number of halogens is 2. The van der Waals surface area contributed by atoms with Crippen LogP contribution in [0.15, 0.2) is 79.1 Å². The summed E-state index contributed by atoms with van der Waals surface area (Å²) in [5, 5.41) is 19.5. The zero-order chi connectivity index (χ0) is 22.8. The van der Waals surface area contributed by atoms with Gasteiger partial charge in [0.15, 0.2) is 11.5 Å². The number of pyridine rings is 1. The summed E-state index contributed by atoms with van der Waals surface area (Å²) in [6, 6.07) is 19.2. The first kappa shape index (κ1) is 20.9. The molecule has 0 spiro atoms. The van der Waals surface area contributed by atoms with Crippen LogP contribution in [-0.4, -0.2) is 30.8 Å². The van der Waals surface area contributed by atoms with E-state index in [2.05, 4.69) is 25.8 Å². The summed E-state index contributed by atoms with van der Waals surface area (Å²) >= 11 is 12.0. The fourth-order valence-electron chi connectivity index (χ4n) is 3.29. The summed E-state index contributed by atoms with van der Waals surface area (Å²) < 4.78 is 1.67. The second-order valence-electron chi connectivity index (χ2n) is 7.07. The van der Waals surface area contributed by atoms with Crippen molar-refractivity contribution in [3.63, 3.8) is 0 Å². The predicted molar refractivity (Wildman–Crippen MR) is 129 cm³/mol. The van der Waals surface area contributed by atoms with Gasteiger partial charge in [-0.25, -0.2) is 4.79 Å². The third kappa shape index (κ3) is 4.62. The SMILES string of the molecule is O=C(Nc1cc(Cl)cc(Cl)c1)Nc1cccc(-c2ccc3nnc(-c4cccnc4)n3n2)c1. The third-order valence-electron chi connectivity index (χ3n) is 4.72. The average Bonchev–Trinajstić information content (AvgIpc) is 3.22. The van der Waals surface area contributed by atoms with E-state index in [1.165, 1.54) is 0 Å². The quantitative estimate of drug-likeness (QED) is 0.342. The highest BCUT2D eigenvalue weighted by molar-refractivity contribution is 6.35. The number of urea groups is 1. The molecule has 10 heteroatoms. The summed E-state index contributed by atoms with van der Waals surface area (Å²) in [4.78, 5) is 16.6. The Kier molecular flexibility index (Phi) is 5.60. The number of hydrogen-bond acceptors (Lipinski definition) is 5. The summed E-state index contributed by atoms with van der Waals surface area (Å²) in [6.07, 6.45) is 3.41. The van der Waals surface area contributed by atoms with Crippen molar-refractivity contribution in [3.05, 3.63) is 89.2 Å². The fraction of sp³-hybridized carbons (Fsp3) is 0. The third-order valence-corrected chi connectivity index (χ3v) is 5.16. The lowest BCUT2D eigenvalue weighted by atomic mass is 10.1. The molecule has 3 aromatic heterocycles. The first-order valence-corrected chi connectivity index (χ1v) is 10.6. The first-order chi connectivity index (χ1) is 16.0. The highest BCUT2D eigenvalue weighted by atomic mass is 35.5. The number of benzene rings is 2. The lowest BCUT2D eigenvalue weighted by molar-refractivity contribution is 0.262. The van der Waals surface area contributed by atoms with E-state index in [0.717, 1.165) is 11.1 Å². The van der Waals surface area contributed by atoms with Crippen molar-refractivity contribution >= 4 is 46.3 Å². The molecule has 0 unspecified atom stereocenters. The Morgan fingerprint density at radius 2 is 1.61 bits per heavy atom. The zero-order valence-corrected chi connectivity index (χ0v) is 18.4. The van der Waals surface area contributed by atoms with Gasteiger partial charge >= 0.3 is 6.03 Å². The second-order valence-corrected chi connectivity index (χ2v) is 7.94. The zero-order valence-electron chi connectivity index (χ0n) is 16.9. The average molecular weight is 476 g/mol. The van der Waals surface area contributed by atoms with Crippen LogP contribution in [0.3, 0.4) is 0 Å². The van der Waals surface area contributed by atoms with Gasteiger partial charge in [-0.2, -0.15) is 9.61 Å². The van der Waals surface area contributed by atoms with Crippen LogP contribution >= 0.6 is 23.2 Å². The van der Waals surface area contributed by atoms with Crippen LogP contribution in [-0.2, 0) is 0 Å². The number of anilines is 2. The number of rotatable bonds is 4. The molecule has 0 aliphatic rings. The van der Waals surface area contributed by atoms with E-state index in [-0.39, 0.29) is 0 Å². The van der Waals surface area contributed by atoms with Gasteiger partial charge in [-0.1, -0.05) is 35.3 Å². The Labute approximate surface area is 198 Å². The molecule has 0 atom stereocenters. The van der Waals surface area contributed by atoms with Crippen molar-refractivity contribution in [1.29, 1.82) is 0 Å². The topological polar surface area (TPSA) is 97.1 Å². The molecule has 2 aromatic carbocycles. The minimum absolute atomic E-state index is 0.424. The van der Waals surface area contributed by atoms with E-state index in [4.69, 9.17) is 28.3 Å². The molecule has 0 aliphatic heterocycles. The Balaban J connectivity index is 1.40. The van der Waals surface area contributed by atoms with Crippen molar-refractivity contribution < 1.29 is 4.79 Å². The lowest BCUT2D eigenvalue weighted by Crippen LogP contribution is -2.19. The van der Waals surface area contributed by atoms with Crippen molar-refractivity contribution in [2.45, 2.75) is 0 Å². The first-order valence-electron chi connectivity index (χ1n) is 9.82. The van der Waals surface area contributed by atoms with Crippen molar-refractivity contribution in [2.75, 3.05) is 10.6 Å². The van der Waals surface area contributed by atoms with Gasteiger partial charge in [-0.15, -0.1) is 10.2 Å². The molecule has 0 radical (unpaired) electrons. The maximum atomic E-state index is 12.4. The van der Waals surface area contributed by atoms with Crippen LogP contribution in [0.4, 0.5) is 16.2 Å². The highest BCUT2D eigenvalue weighted by Crippen LogP contribution is 2.25. The lowest BCUT2D eigenvalue weighted by Gasteiger charge is -2.10. The number of nitrogens with one attached hydrogen (secondary N) is 2. The summed E-state index contributed by atoms with van der Waals surface area (Å²) in [5.74, 6) is 0.591. The molecule has 0 aliphatic carbocycles. The number of amides is 2. The maximum Gasteiger partial charge on any atom is 0.323 e.